The van der Waals surface area contributed by atoms with Crippen molar-refractivity contribution in [3.8, 4) is 34.5 Å². The first kappa shape index (κ1) is 35.0. The molecule has 2 aliphatic heterocycles. The van der Waals surface area contributed by atoms with Gasteiger partial charge in [-0.15, -0.1) is 17.8 Å². The molecule has 2 saturated carbocycles. The van der Waals surface area contributed by atoms with Crippen LogP contribution in [0.4, 0.5) is 4.79 Å². The van der Waals surface area contributed by atoms with E-state index >= 15 is 0 Å². The van der Waals surface area contributed by atoms with Gasteiger partial charge in [0.05, 0.1) is 24.4 Å². The second-order valence-electron chi connectivity index (χ2n) is 13.4. The Bertz CT molecular complexity index is 2090. The summed E-state index contributed by atoms with van der Waals surface area (Å²) in [5.74, 6) is 1.92. The van der Waals surface area contributed by atoms with E-state index in [4.69, 9.17) is 32.5 Å². The van der Waals surface area contributed by atoms with Gasteiger partial charge in [-0.3, -0.25) is 14.3 Å². The van der Waals surface area contributed by atoms with E-state index in [0.29, 0.717) is 58.2 Å². The van der Waals surface area contributed by atoms with Crippen molar-refractivity contribution in [2.24, 2.45) is 5.92 Å². The molecule has 13 nitrogen and oxygen atoms in total. The molecular formula is C35H37ClN6O7S2. The quantitative estimate of drug-likeness (QED) is 0.268. The van der Waals surface area contributed by atoms with Crippen LogP contribution in [0, 0.1) is 18.3 Å². The van der Waals surface area contributed by atoms with Crippen molar-refractivity contribution in [3.63, 3.8) is 0 Å². The Hall–Kier alpha value is -4.39. The number of methoxy groups -OCH3 is 1. The highest BCUT2D eigenvalue weighted by Gasteiger charge is 2.62. The lowest BCUT2D eigenvalue weighted by molar-refractivity contribution is -0.134. The number of amides is 4. The lowest BCUT2D eigenvalue weighted by Crippen LogP contribution is -2.57. The number of ether oxygens (including phenoxy) is 2. The standard InChI is InChI=1S/C35H37ClN6O7S2/c1-4-21-19-50-31(37-21)25-16-28(24-12-13-27(48-3)29(36)30(24)38-25)49-22-15-26-32(43)41(2)14-8-6-5-7-9-20-17-35(20,39-34(45)42(26)18-22)33(44)40-51(46,47)23-10-11-23/h1,7,9,12-13,16,19-20,22-23,26H,5-6,8,10-11,14-15,17-18H2,2-3H3,(H,39,45)(H,40,44)/b9-7-/t20-,22+,26+,35-/m1/s1. The molecule has 1 aromatic carbocycles. The number of nitrogens with one attached hydrogen (secondary N) is 2. The average Bonchev–Trinajstić information content (AvgIpc) is 3.99. The molecule has 4 atom stereocenters. The third-order valence-electron chi connectivity index (χ3n) is 9.85. The van der Waals surface area contributed by atoms with Crippen molar-refractivity contribution < 1.29 is 32.3 Å². The number of halogens is 1. The van der Waals surface area contributed by atoms with Gasteiger partial charge in [0.1, 0.15) is 50.6 Å². The highest BCUT2D eigenvalue weighted by molar-refractivity contribution is 7.91. The molecule has 1 saturated heterocycles. The molecule has 0 radical (unpaired) electrons. The zero-order valence-electron chi connectivity index (χ0n) is 28.1. The highest BCUT2D eigenvalue weighted by atomic mass is 35.5. The molecule has 2 aromatic heterocycles. The molecule has 51 heavy (non-hydrogen) atoms. The number of terminal acetylenes is 1. The van der Waals surface area contributed by atoms with Crippen LogP contribution < -0.4 is 19.5 Å². The summed E-state index contributed by atoms with van der Waals surface area (Å²) in [7, 11) is -0.644. The monoisotopic (exact) mass is 752 g/mol. The first-order valence-corrected chi connectivity index (χ1v) is 19.6. The van der Waals surface area contributed by atoms with Crippen molar-refractivity contribution in [2.75, 3.05) is 27.2 Å². The van der Waals surface area contributed by atoms with Gasteiger partial charge < -0.3 is 24.6 Å². The van der Waals surface area contributed by atoms with Crippen LogP contribution in [0.3, 0.4) is 0 Å². The summed E-state index contributed by atoms with van der Waals surface area (Å²) in [6, 6.07) is 3.65. The summed E-state index contributed by atoms with van der Waals surface area (Å²) >= 11 is 8.05. The number of urea groups is 1. The van der Waals surface area contributed by atoms with E-state index < -0.39 is 50.8 Å². The zero-order chi connectivity index (χ0) is 36.1. The fraction of sp³-hybridized carbons (Fsp3) is 0.457. The molecule has 0 bridgehead atoms. The van der Waals surface area contributed by atoms with E-state index in [1.807, 2.05) is 12.2 Å². The number of thiazole rings is 1. The van der Waals surface area contributed by atoms with Crippen LogP contribution in [-0.4, -0.2) is 96.2 Å². The number of hydrogen-bond donors (Lipinski definition) is 2. The predicted octanol–water partition coefficient (Wildman–Crippen LogP) is 4.10. The molecule has 268 valence electrons. The van der Waals surface area contributed by atoms with Gasteiger partial charge >= 0.3 is 6.03 Å². The summed E-state index contributed by atoms with van der Waals surface area (Å²) < 4.78 is 39.7. The molecule has 4 heterocycles. The Morgan fingerprint density at radius 2 is 2.02 bits per heavy atom. The molecule has 3 aromatic rings. The average molecular weight is 753 g/mol. The number of nitrogens with zero attached hydrogens (tertiary/aromatic N) is 4. The topological polar surface area (TPSA) is 160 Å². The molecule has 0 unspecified atom stereocenters. The van der Waals surface area contributed by atoms with E-state index in [2.05, 4.69) is 20.9 Å². The van der Waals surface area contributed by atoms with E-state index in [-0.39, 0.29) is 30.3 Å². The third-order valence-corrected chi connectivity index (χ3v) is 12.9. The van der Waals surface area contributed by atoms with Gasteiger partial charge in [0.15, 0.2) is 0 Å². The Morgan fingerprint density at radius 3 is 2.75 bits per heavy atom. The number of sulfonamides is 1. The SMILES string of the molecule is C#Cc1csc(-c2cc(O[C@H]3C[C@H]4C(=O)N(C)CCCC/C=C\[C@@H]5C[C@@]5(C(=O)NS(=O)(=O)C5CC5)NC(=O)N4C3)c3ccc(OC)c(Cl)c3n2)n1. The number of aromatic nitrogens is 2. The Kier molecular flexibility index (Phi) is 9.36. The number of benzene rings is 1. The van der Waals surface area contributed by atoms with Crippen molar-refractivity contribution in [2.45, 2.75) is 67.9 Å². The predicted molar refractivity (Wildman–Crippen MR) is 192 cm³/mol. The molecule has 2 N–H and O–H groups in total. The molecular weight excluding hydrogens is 716 g/mol. The van der Waals surface area contributed by atoms with Gasteiger partial charge in [0.25, 0.3) is 5.91 Å². The van der Waals surface area contributed by atoms with Crippen molar-refractivity contribution in [1.82, 2.24) is 29.8 Å². The lowest BCUT2D eigenvalue weighted by atomic mass is 10.1. The number of rotatable bonds is 7. The van der Waals surface area contributed by atoms with Crippen molar-refractivity contribution >= 4 is 61.7 Å². The minimum Gasteiger partial charge on any atom is -0.495 e. The maximum atomic E-state index is 14.1. The number of allylic oxidation sites excluding steroid dienone is 1. The van der Waals surface area contributed by atoms with Crippen molar-refractivity contribution in [3.05, 3.63) is 46.4 Å². The van der Waals surface area contributed by atoms with Crippen molar-refractivity contribution in [1.29, 1.82) is 0 Å². The Morgan fingerprint density at radius 1 is 1.22 bits per heavy atom. The first-order valence-electron chi connectivity index (χ1n) is 16.8. The molecule has 7 rings (SSSR count). The maximum Gasteiger partial charge on any atom is 0.319 e. The van der Waals surface area contributed by atoms with Crippen LogP contribution in [0.1, 0.15) is 50.6 Å². The van der Waals surface area contributed by atoms with E-state index in [1.165, 1.54) is 23.3 Å². The summed E-state index contributed by atoms with van der Waals surface area (Å²) in [5.41, 5.74) is -0.131. The van der Waals surface area contributed by atoms with Crippen LogP contribution in [-0.2, 0) is 19.6 Å². The normalized spacial score (nSPS) is 26.0. The highest BCUT2D eigenvalue weighted by Crippen LogP contribution is 2.46. The zero-order valence-corrected chi connectivity index (χ0v) is 30.4. The minimum absolute atomic E-state index is 0.0101. The molecule has 3 fully saturated rings. The summed E-state index contributed by atoms with van der Waals surface area (Å²) in [5, 5.41) is 5.39. The summed E-state index contributed by atoms with van der Waals surface area (Å²) in [6.07, 6.45) is 12.4. The summed E-state index contributed by atoms with van der Waals surface area (Å²) in [4.78, 5) is 53.9. The number of hydrogen-bond acceptors (Lipinski definition) is 10. The van der Waals surface area contributed by atoms with Gasteiger partial charge in [0, 0.05) is 42.8 Å². The lowest BCUT2D eigenvalue weighted by Gasteiger charge is -2.30. The Labute approximate surface area is 304 Å². The van der Waals surface area contributed by atoms with Gasteiger partial charge in [-0.1, -0.05) is 23.8 Å². The van der Waals surface area contributed by atoms with E-state index in [1.54, 1.807) is 35.5 Å². The van der Waals surface area contributed by atoms with Gasteiger partial charge in [0.2, 0.25) is 15.9 Å². The number of pyridine rings is 1. The number of carbonyl (C=O) groups excluding carboxylic acids is 3. The molecule has 0 spiro atoms. The largest absolute Gasteiger partial charge is 0.495 e. The van der Waals surface area contributed by atoms with E-state index in [0.717, 1.165) is 19.3 Å². The van der Waals surface area contributed by atoms with Crippen LogP contribution in [0.15, 0.2) is 35.7 Å². The number of likely N-dealkylation sites (N-methyl/N-ethyl adjacent to an activating group) is 1. The van der Waals surface area contributed by atoms with Crippen LogP contribution in [0.2, 0.25) is 5.02 Å². The van der Waals surface area contributed by atoms with Crippen LogP contribution >= 0.6 is 22.9 Å². The van der Waals surface area contributed by atoms with Gasteiger partial charge in [-0.2, -0.15) is 0 Å². The molecule has 4 amide bonds. The molecule has 16 heteroatoms. The maximum absolute atomic E-state index is 14.1. The van der Waals surface area contributed by atoms with Crippen LogP contribution in [0.5, 0.6) is 11.5 Å². The third kappa shape index (κ3) is 6.84. The summed E-state index contributed by atoms with van der Waals surface area (Å²) in [6.45, 7) is 0.515. The Balaban J connectivity index is 1.21. The first-order chi connectivity index (χ1) is 24.4. The smallest absolute Gasteiger partial charge is 0.319 e. The van der Waals surface area contributed by atoms with Gasteiger partial charge in [-0.05, 0) is 56.6 Å². The van der Waals surface area contributed by atoms with E-state index in [9.17, 15) is 22.8 Å². The number of carbonyl (C=O) groups is 3. The number of fused-ring (bicyclic) bond motifs is 3. The second-order valence-corrected chi connectivity index (χ2v) is 16.6. The molecule has 2 aliphatic carbocycles. The second kappa shape index (κ2) is 13.6. The minimum atomic E-state index is -3.86. The fourth-order valence-corrected chi connectivity index (χ4v) is 9.08. The fourth-order valence-electron chi connectivity index (χ4n) is 6.71. The van der Waals surface area contributed by atoms with Crippen LogP contribution in [0.25, 0.3) is 21.6 Å². The van der Waals surface area contributed by atoms with Gasteiger partial charge in [-0.25, -0.2) is 23.2 Å². The molecule has 4 aliphatic rings.